The monoisotopic (exact) mass is 292 g/mol. The normalized spacial score (nSPS) is 13.5. The second-order valence-corrected chi connectivity index (χ2v) is 5.13. The summed E-state index contributed by atoms with van der Waals surface area (Å²) in [7, 11) is 2.97. The molecule has 0 aromatic heterocycles. The van der Waals surface area contributed by atoms with Crippen molar-refractivity contribution in [3.05, 3.63) is 35.9 Å². The quantitative estimate of drug-likeness (QED) is 0.657. The van der Waals surface area contributed by atoms with Crippen molar-refractivity contribution in [2.24, 2.45) is 5.92 Å². The van der Waals surface area contributed by atoms with Crippen LogP contribution in [0.25, 0.3) is 0 Å². The summed E-state index contributed by atoms with van der Waals surface area (Å²) in [6, 6.07) is 10.1. The first-order valence-electron chi connectivity index (χ1n) is 7.22. The van der Waals surface area contributed by atoms with E-state index in [4.69, 9.17) is 4.74 Å². The number of aryl methyl sites for hydroxylation is 1. The third kappa shape index (κ3) is 6.08. The van der Waals surface area contributed by atoms with Crippen molar-refractivity contribution in [2.45, 2.75) is 38.7 Å². The molecule has 116 valence electrons. The first-order valence-corrected chi connectivity index (χ1v) is 7.22. The summed E-state index contributed by atoms with van der Waals surface area (Å²) < 4.78 is 10.1. The fourth-order valence-corrected chi connectivity index (χ4v) is 2.46. The van der Waals surface area contributed by atoms with Gasteiger partial charge in [-0.1, -0.05) is 30.3 Å². The molecule has 0 amide bonds. The second-order valence-electron chi connectivity index (χ2n) is 5.13. The van der Waals surface area contributed by atoms with E-state index < -0.39 is 0 Å². The van der Waals surface area contributed by atoms with Crippen LogP contribution in [-0.2, 0) is 25.5 Å². The summed E-state index contributed by atoms with van der Waals surface area (Å²) in [4.78, 5) is 23.1. The van der Waals surface area contributed by atoms with Crippen LogP contribution in [-0.4, -0.2) is 32.1 Å². The number of carbonyl (C=O) groups is 2. The van der Waals surface area contributed by atoms with Gasteiger partial charge in [-0.15, -0.1) is 0 Å². The topological polar surface area (TPSA) is 52.6 Å². The van der Waals surface area contributed by atoms with Crippen molar-refractivity contribution >= 4 is 11.8 Å². The van der Waals surface area contributed by atoms with E-state index in [2.05, 4.69) is 16.9 Å². The van der Waals surface area contributed by atoms with Crippen molar-refractivity contribution in [3.8, 4) is 0 Å². The molecule has 0 heterocycles. The van der Waals surface area contributed by atoms with E-state index >= 15 is 0 Å². The van der Waals surface area contributed by atoms with Crippen molar-refractivity contribution in [3.63, 3.8) is 0 Å². The molecule has 0 saturated carbocycles. The Balaban J connectivity index is 2.60. The summed E-state index contributed by atoms with van der Waals surface area (Å²) in [5.74, 6) is -0.504. The molecular weight excluding hydrogens is 268 g/mol. The van der Waals surface area contributed by atoms with E-state index in [0.717, 1.165) is 12.8 Å². The molecule has 2 unspecified atom stereocenters. The maximum atomic E-state index is 11.8. The molecule has 0 saturated heterocycles. The summed E-state index contributed by atoms with van der Waals surface area (Å²) in [5.41, 5.74) is 1.22. The molecule has 0 fully saturated rings. The number of hydrogen-bond acceptors (Lipinski definition) is 4. The van der Waals surface area contributed by atoms with E-state index in [9.17, 15) is 9.59 Å². The lowest BCUT2D eigenvalue weighted by atomic mass is 9.89. The molecule has 0 radical (unpaired) electrons. The van der Waals surface area contributed by atoms with Gasteiger partial charge in [0.1, 0.15) is 5.78 Å². The van der Waals surface area contributed by atoms with E-state index in [0.29, 0.717) is 6.42 Å². The highest BCUT2D eigenvalue weighted by Gasteiger charge is 2.26. The first kappa shape index (κ1) is 17.4. The molecule has 0 aliphatic carbocycles. The number of esters is 1. The Hall–Kier alpha value is -1.68. The molecular formula is C17H24O4. The van der Waals surface area contributed by atoms with Crippen LogP contribution in [0.15, 0.2) is 30.3 Å². The van der Waals surface area contributed by atoms with Gasteiger partial charge in [0.05, 0.1) is 13.2 Å². The van der Waals surface area contributed by atoms with Crippen LogP contribution in [0, 0.1) is 5.92 Å². The van der Waals surface area contributed by atoms with Crippen molar-refractivity contribution in [1.82, 2.24) is 0 Å². The molecule has 0 bridgehead atoms. The van der Waals surface area contributed by atoms with E-state index in [1.54, 1.807) is 14.0 Å². The van der Waals surface area contributed by atoms with E-state index in [1.165, 1.54) is 12.7 Å². The van der Waals surface area contributed by atoms with E-state index in [-0.39, 0.29) is 30.2 Å². The van der Waals surface area contributed by atoms with Gasteiger partial charge in [-0.05, 0) is 31.7 Å². The molecule has 0 aliphatic heterocycles. The zero-order chi connectivity index (χ0) is 15.7. The third-order valence-electron chi connectivity index (χ3n) is 3.72. The molecule has 2 atom stereocenters. The van der Waals surface area contributed by atoms with E-state index in [1.807, 2.05) is 18.2 Å². The minimum absolute atomic E-state index is 0.0545. The minimum Gasteiger partial charge on any atom is -0.469 e. The van der Waals surface area contributed by atoms with Crippen LogP contribution in [0.2, 0.25) is 0 Å². The highest BCUT2D eigenvalue weighted by molar-refractivity contribution is 5.79. The van der Waals surface area contributed by atoms with Gasteiger partial charge in [0.25, 0.3) is 0 Å². The highest BCUT2D eigenvalue weighted by atomic mass is 16.5. The second kappa shape index (κ2) is 9.29. The number of carbonyl (C=O) groups excluding carboxylic acids is 2. The lowest BCUT2D eigenvalue weighted by molar-refractivity contribution is -0.141. The van der Waals surface area contributed by atoms with Gasteiger partial charge >= 0.3 is 5.97 Å². The predicted molar refractivity (Wildman–Crippen MR) is 81.0 cm³/mol. The Morgan fingerprint density at radius 1 is 1.10 bits per heavy atom. The Morgan fingerprint density at radius 3 is 2.29 bits per heavy atom. The summed E-state index contributed by atoms with van der Waals surface area (Å²) in [6.45, 7) is 1.55. The number of Topliss-reactive ketones (excluding diaryl/α,β-unsaturated/α-hetero) is 1. The van der Waals surface area contributed by atoms with Gasteiger partial charge in [0.2, 0.25) is 0 Å². The molecule has 1 aromatic rings. The lowest BCUT2D eigenvalue weighted by Gasteiger charge is -2.23. The SMILES string of the molecule is COC(=O)CCC(C(C)=O)C(CCc1ccccc1)OC. The van der Waals surface area contributed by atoms with Crippen molar-refractivity contribution < 1.29 is 19.1 Å². The van der Waals surface area contributed by atoms with Crippen LogP contribution in [0.1, 0.15) is 31.7 Å². The maximum Gasteiger partial charge on any atom is 0.305 e. The molecule has 21 heavy (non-hydrogen) atoms. The average Bonchev–Trinajstić information content (AvgIpc) is 2.50. The van der Waals surface area contributed by atoms with Crippen LogP contribution in [0.4, 0.5) is 0 Å². The summed E-state index contributed by atoms with van der Waals surface area (Å²) >= 11 is 0. The number of hydrogen-bond donors (Lipinski definition) is 0. The number of ketones is 1. The summed E-state index contributed by atoms with van der Waals surface area (Å²) in [5, 5.41) is 0. The van der Waals surface area contributed by atoms with Crippen LogP contribution < -0.4 is 0 Å². The maximum absolute atomic E-state index is 11.8. The Bertz CT molecular complexity index is 441. The minimum atomic E-state index is -0.292. The number of rotatable bonds is 9. The van der Waals surface area contributed by atoms with Gasteiger partial charge in [-0.25, -0.2) is 0 Å². The van der Waals surface area contributed by atoms with Gasteiger partial charge in [-0.2, -0.15) is 0 Å². The highest BCUT2D eigenvalue weighted by Crippen LogP contribution is 2.20. The lowest BCUT2D eigenvalue weighted by Crippen LogP contribution is -2.30. The van der Waals surface area contributed by atoms with Crippen LogP contribution in [0.5, 0.6) is 0 Å². The Kier molecular flexibility index (Phi) is 7.69. The molecule has 0 N–H and O–H groups in total. The van der Waals surface area contributed by atoms with Gasteiger partial charge in [0.15, 0.2) is 0 Å². The molecule has 1 aromatic carbocycles. The molecule has 0 spiro atoms. The smallest absolute Gasteiger partial charge is 0.305 e. The Morgan fingerprint density at radius 2 is 1.76 bits per heavy atom. The Labute approximate surface area is 126 Å². The molecule has 0 aliphatic rings. The third-order valence-corrected chi connectivity index (χ3v) is 3.72. The number of ether oxygens (including phenoxy) is 2. The zero-order valence-corrected chi connectivity index (χ0v) is 13.0. The van der Waals surface area contributed by atoms with Crippen LogP contribution >= 0.6 is 0 Å². The van der Waals surface area contributed by atoms with Gasteiger partial charge in [0, 0.05) is 19.4 Å². The predicted octanol–water partition coefficient (Wildman–Crippen LogP) is 2.79. The largest absolute Gasteiger partial charge is 0.469 e. The summed E-state index contributed by atoms with van der Waals surface area (Å²) in [6.07, 6.45) is 2.14. The molecule has 1 rings (SSSR count). The molecule has 4 nitrogen and oxygen atoms in total. The zero-order valence-electron chi connectivity index (χ0n) is 13.0. The fourth-order valence-electron chi connectivity index (χ4n) is 2.46. The fraction of sp³-hybridized carbons (Fsp3) is 0.529. The van der Waals surface area contributed by atoms with Crippen molar-refractivity contribution in [1.29, 1.82) is 0 Å². The first-order chi connectivity index (χ1) is 10.1. The van der Waals surface area contributed by atoms with Gasteiger partial charge in [-0.3, -0.25) is 9.59 Å². The average molecular weight is 292 g/mol. The standard InChI is InChI=1S/C17H24O4/c1-13(18)15(10-12-17(19)21-3)16(20-2)11-9-14-7-5-4-6-8-14/h4-8,15-16H,9-12H2,1-3H3. The number of methoxy groups -OCH3 is 2. The van der Waals surface area contributed by atoms with Crippen LogP contribution in [0.3, 0.4) is 0 Å². The van der Waals surface area contributed by atoms with Crippen molar-refractivity contribution in [2.75, 3.05) is 14.2 Å². The number of benzene rings is 1. The van der Waals surface area contributed by atoms with Gasteiger partial charge < -0.3 is 9.47 Å². The molecule has 4 heteroatoms.